The highest BCUT2D eigenvalue weighted by Gasteiger charge is 2.42. The Balaban J connectivity index is 1.53. The Labute approximate surface area is 196 Å². The summed E-state index contributed by atoms with van der Waals surface area (Å²) in [5, 5.41) is 6.99. The molecule has 0 aliphatic carbocycles. The molecular weight excluding hydrogens is 414 g/mol. The van der Waals surface area contributed by atoms with Gasteiger partial charge in [-0.15, -0.1) is 0 Å². The zero-order chi connectivity index (χ0) is 22.9. The first kappa shape index (κ1) is 22.2. The minimum atomic E-state index is -0.0853. The molecule has 0 aromatic heterocycles. The molecule has 0 saturated carbocycles. The van der Waals surface area contributed by atoms with Crippen molar-refractivity contribution in [1.29, 1.82) is 0 Å². The fourth-order valence-corrected chi connectivity index (χ4v) is 6.13. The summed E-state index contributed by atoms with van der Waals surface area (Å²) in [7, 11) is 3.34. The van der Waals surface area contributed by atoms with Gasteiger partial charge in [-0.05, 0) is 62.3 Å². The van der Waals surface area contributed by atoms with Gasteiger partial charge in [-0.1, -0.05) is 30.3 Å². The number of nitrogens with zero attached hydrogens (tertiary/aromatic N) is 1. The van der Waals surface area contributed by atoms with Crippen LogP contribution in [0.1, 0.15) is 65.3 Å². The molecule has 6 heteroatoms. The lowest BCUT2D eigenvalue weighted by molar-refractivity contribution is 0.0537. The molecule has 176 valence electrons. The van der Waals surface area contributed by atoms with Crippen LogP contribution in [0, 0.1) is 5.92 Å². The summed E-state index contributed by atoms with van der Waals surface area (Å²) in [5.41, 5.74) is 4.07. The van der Waals surface area contributed by atoms with Gasteiger partial charge in [-0.3, -0.25) is 9.69 Å². The second-order valence-electron chi connectivity index (χ2n) is 9.62. The molecule has 2 aromatic carbocycles. The monoisotopic (exact) mass is 449 g/mol. The molecule has 1 unspecified atom stereocenters. The molecule has 2 aromatic rings. The Morgan fingerprint density at radius 1 is 1.21 bits per heavy atom. The van der Waals surface area contributed by atoms with E-state index >= 15 is 0 Å². The number of carbonyl (C=O) groups excluding carboxylic acids is 1. The average Bonchev–Trinajstić information content (AvgIpc) is 2.86. The summed E-state index contributed by atoms with van der Waals surface area (Å²) in [5.74, 6) is 2.06. The molecular formula is C27H35N3O3. The number of hydrogen-bond donors (Lipinski definition) is 2. The highest BCUT2D eigenvalue weighted by atomic mass is 16.5. The molecule has 3 heterocycles. The molecule has 0 spiro atoms. The Kier molecular flexibility index (Phi) is 6.30. The Morgan fingerprint density at radius 3 is 2.79 bits per heavy atom. The molecule has 2 N–H and O–H groups in total. The predicted molar refractivity (Wildman–Crippen MR) is 129 cm³/mol. The average molecular weight is 450 g/mol. The summed E-state index contributed by atoms with van der Waals surface area (Å²) in [6.07, 6.45) is 4.45. The molecule has 0 radical (unpaired) electrons. The number of piperidine rings is 2. The summed E-state index contributed by atoms with van der Waals surface area (Å²) in [4.78, 5) is 16.3. The molecule has 1 amide bonds. The summed E-state index contributed by atoms with van der Waals surface area (Å²) in [6.45, 7) is 5.21. The maximum Gasteiger partial charge on any atom is 0.252 e. The van der Waals surface area contributed by atoms with Crippen LogP contribution in [-0.4, -0.2) is 50.7 Å². The fraction of sp³-hybridized carbons (Fsp3) is 0.519. The molecule has 0 bridgehead atoms. The smallest absolute Gasteiger partial charge is 0.252 e. The highest BCUT2D eigenvalue weighted by molar-refractivity contribution is 5.97. The van der Waals surface area contributed by atoms with Crippen LogP contribution in [0.15, 0.2) is 36.4 Å². The number of hydrogen-bond acceptors (Lipinski definition) is 5. The van der Waals surface area contributed by atoms with Gasteiger partial charge in [-0.25, -0.2) is 0 Å². The lowest BCUT2D eigenvalue weighted by Gasteiger charge is -2.49. The maximum absolute atomic E-state index is 13.7. The third-order valence-electron chi connectivity index (χ3n) is 7.80. The van der Waals surface area contributed by atoms with Crippen molar-refractivity contribution in [1.82, 2.24) is 15.5 Å². The van der Waals surface area contributed by atoms with Crippen LogP contribution in [0.5, 0.6) is 11.5 Å². The van der Waals surface area contributed by atoms with Crippen LogP contribution in [0.4, 0.5) is 0 Å². The van der Waals surface area contributed by atoms with Gasteiger partial charge >= 0.3 is 0 Å². The minimum absolute atomic E-state index is 0.0517. The number of amides is 1. The van der Waals surface area contributed by atoms with Crippen LogP contribution in [0.3, 0.4) is 0 Å². The fourth-order valence-electron chi connectivity index (χ4n) is 6.13. The van der Waals surface area contributed by atoms with E-state index in [1.165, 1.54) is 12.8 Å². The van der Waals surface area contributed by atoms with Gasteiger partial charge in [0.1, 0.15) is 0 Å². The zero-order valence-corrected chi connectivity index (χ0v) is 19.9. The van der Waals surface area contributed by atoms with Gasteiger partial charge in [0.25, 0.3) is 5.91 Å². The van der Waals surface area contributed by atoms with Crippen LogP contribution < -0.4 is 20.1 Å². The van der Waals surface area contributed by atoms with Gasteiger partial charge in [-0.2, -0.15) is 0 Å². The third-order valence-corrected chi connectivity index (χ3v) is 7.80. The van der Waals surface area contributed by atoms with E-state index in [1.54, 1.807) is 14.2 Å². The van der Waals surface area contributed by atoms with Crippen LogP contribution >= 0.6 is 0 Å². The van der Waals surface area contributed by atoms with Crippen LogP contribution in [0.25, 0.3) is 0 Å². The molecule has 5 rings (SSSR count). The Bertz CT molecular complexity index is 1010. The quantitative estimate of drug-likeness (QED) is 0.726. The van der Waals surface area contributed by atoms with Crippen molar-refractivity contribution in [2.45, 2.75) is 50.7 Å². The van der Waals surface area contributed by atoms with Gasteiger partial charge in [0.05, 0.1) is 20.3 Å². The SMILES string of the molecule is COc1cc(C(=O)NC(C)c2ccccc2)c2c(c1OC)CCN1C[C@H]3CCCN[C@H]3C[C@@H]21. The first-order chi connectivity index (χ1) is 16.1. The molecule has 2 saturated heterocycles. The lowest BCUT2D eigenvalue weighted by Crippen LogP contribution is -2.55. The summed E-state index contributed by atoms with van der Waals surface area (Å²) >= 11 is 0. The van der Waals surface area contributed by atoms with Crippen molar-refractivity contribution in [3.8, 4) is 11.5 Å². The largest absolute Gasteiger partial charge is 0.493 e. The van der Waals surface area contributed by atoms with Gasteiger partial charge in [0.15, 0.2) is 11.5 Å². The molecule has 3 aliphatic rings. The second-order valence-corrected chi connectivity index (χ2v) is 9.62. The van der Waals surface area contributed by atoms with Crippen molar-refractivity contribution in [2.75, 3.05) is 33.9 Å². The van der Waals surface area contributed by atoms with Gasteiger partial charge < -0.3 is 20.1 Å². The minimum Gasteiger partial charge on any atom is -0.493 e. The molecule has 3 aliphatic heterocycles. The number of nitrogens with one attached hydrogen (secondary N) is 2. The van der Waals surface area contributed by atoms with E-state index in [1.807, 2.05) is 43.3 Å². The zero-order valence-electron chi connectivity index (χ0n) is 19.9. The topological polar surface area (TPSA) is 62.8 Å². The van der Waals surface area contributed by atoms with Crippen molar-refractivity contribution in [3.05, 3.63) is 58.7 Å². The number of ether oxygens (including phenoxy) is 2. The molecule has 33 heavy (non-hydrogen) atoms. The van der Waals surface area contributed by atoms with E-state index in [0.29, 0.717) is 17.7 Å². The van der Waals surface area contributed by atoms with Crippen LogP contribution in [-0.2, 0) is 6.42 Å². The molecule has 4 atom stereocenters. The Morgan fingerprint density at radius 2 is 2.03 bits per heavy atom. The normalized spacial score (nSPS) is 25.2. The number of benzene rings is 2. The number of fused-ring (bicyclic) bond motifs is 4. The van der Waals surface area contributed by atoms with E-state index in [2.05, 4.69) is 15.5 Å². The van der Waals surface area contributed by atoms with E-state index in [4.69, 9.17) is 9.47 Å². The van der Waals surface area contributed by atoms with Crippen molar-refractivity contribution >= 4 is 5.91 Å². The second kappa shape index (κ2) is 9.35. The van der Waals surface area contributed by atoms with Gasteiger partial charge in [0.2, 0.25) is 0 Å². The van der Waals surface area contributed by atoms with E-state index in [0.717, 1.165) is 60.5 Å². The first-order valence-corrected chi connectivity index (χ1v) is 12.2. The van der Waals surface area contributed by atoms with Gasteiger partial charge in [0, 0.05) is 36.3 Å². The lowest BCUT2D eigenvalue weighted by atomic mass is 9.76. The number of rotatable bonds is 5. The third kappa shape index (κ3) is 4.11. The van der Waals surface area contributed by atoms with E-state index in [9.17, 15) is 4.79 Å². The molecule has 6 nitrogen and oxygen atoms in total. The number of methoxy groups -OCH3 is 2. The highest BCUT2D eigenvalue weighted by Crippen LogP contribution is 2.47. The first-order valence-electron chi connectivity index (χ1n) is 12.2. The number of carbonyl (C=O) groups is 1. The van der Waals surface area contributed by atoms with Crippen molar-refractivity contribution in [2.24, 2.45) is 5.92 Å². The van der Waals surface area contributed by atoms with E-state index < -0.39 is 0 Å². The predicted octanol–water partition coefficient (Wildman–Crippen LogP) is 3.87. The summed E-state index contributed by atoms with van der Waals surface area (Å²) in [6, 6.07) is 12.6. The standard InChI is InChI=1S/C27H35N3O3/c1-17(18-8-5-4-6-9-18)29-27(31)21-14-24(32-2)26(33-3)20-11-13-30-16-19-10-7-12-28-22(19)15-23(30)25(20)21/h4-6,8-9,14,17,19,22-23,28H,7,10-13,15-16H2,1-3H3,(H,29,31)/t17?,19-,22+,23+/m1/s1. The molecule has 2 fully saturated rings. The summed E-state index contributed by atoms with van der Waals surface area (Å²) < 4.78 is 11.5. The van der Waals surface area contributed by atoms with E-state index in [-0.39, 0.29) is 18.0 Å². The van der Waals surface area contributed by atoms with Crippen molar-refractivity contribution in [3.63, 3.8) is 0 Å². The van der Waals surface area contributed by atoms with Crippen LogP contribution in [0.2, 0.25) is 0 Å². The maximum atomic E-state index is 13.7. The van der Waals surface area contributed by atoms with Crippen molar-refractivity contribution < 1.29 is 14.3 Å². The Hall–Kier alpha value is -2.57.